The maximum absolute atomic E-state index is 12.5. The number of nitrogens with two attached hydrogens (primary N) is 3. The van der Waals surface area contributed by atoms with E-state index in [-0.39, 0.29) is 5.78 Å². The van der Waals surface area contributed by atoms with Crippen LogP contribution >= 0.6 is 0 Å². The minimum Gasteiger partial charge on any atom is -0.353 e. The number of rotatable bonds is 7. The minimum atomic E-state index is 0.171. The summed E-state index contributed by atoms with van der Waals surface area (Å²) in [5.41, 5.74) is 11.9. The molecule has 0 fully saturated rings. The highest BCUT2D eigenvalue weighted by Crippen LogP contribution is 2.30. The zero-order valence-electron chi connectivity index (χ0n) is 15.1. The molecule has 5 heteroatoms. The van der Waals surface area contributed by atoms with Gasteiger partial charge in [0.25, 0.3) is 0 Å². The Hall–Kier alpha value is -2.05. The molecule has 0 atom stereocenters. The van der Waals surface area contributed by atoms with Gasteiger partial charge in [0, 0.05) is 17.5 Å². The van der Waals surface area contributed by atoms with Crippen molar-refractivity contribution in [3.63, 3.8) is 0 Å². The lowest BCUT2D eigenvalue weighted by Gasteiger charge is -2.16. The Labute approximate surface area is 149 Å². The number of hydrogen-bond acceptors (Lipinski definition) is 2. The molecule has 0 heterocycles. The smallest absolute Gasteiger partial charge is 0.195 e. The molecule has 0 amide bonds. The molecule has 1 aliphatic carbocycles. The van der Waals surface area contributed by atoms with Crippen molar-refractivity contribution >= 4 is 22.6 Å². The van der Waals surface area contributed by atoms with E-state index in [2.05, 4.69) is 41.5 Å². The van der Waals surface area contributed by atoms with Gasteiger partial charge in [-0.3, -0.25) is 4.79 Å². The quantitative estimate of drug-likeness (QED) is 0.472. The van der Waals surface area contributed by atoms with Crippen molar-refractivity contribution in [1.29, 1.82) is 0 Å². The summed E-state index contributed by atoms with van der Waals surface area (Å²) in [4.78, 5) is 12.5. The summed E-state index contributed by atoms with van der Waals surface area (Å²) in [5, 5.41) is 6.56. The fourth-order valence-corrected chi connectivity index (χ4v) is 2.98. The third-order valence-electron chi connectivity index (χ3n) is 4.23. The molecule has 2 aromatic carbocycles. The number of benzene rings is 2. The van der Waals surface area contributed by atoms with Gasteiger partial charge in [-0.05, 0) is 23.9 Å². The van der Waals surface area contributed by atoms with Gasteiger partial charge in [-0.15, -0.1) is 0 Å². The lowest BCUT2D eigenvalue weighted by atomic mass is 9.88. The molecule has 1 aliphatic rings. The largest absolute Gasteiger partial charge is 0.353 e. The third-order valence-corrected chi connectivity index (χ3v) is 4.23. The van der Waals surface area contributed by atoms with Gasteiger partial charge in [-0.1, -0.05) is 36.4 Å². The number of likely N-dealkylation sites (N-methyl/N-ethyl adjacent to an activating group) is 1. The second-order valence-electron chi connectivity index (χ2n) is 6.16. The number of carbonyl (C=O) groups is 1. The van der Waals surface area contributed by atoms with Gasteiger partial charge in [0.15, 0.2) is 5.78 Å². The highest BCUT2D eigenvalue weighted by atomic mass is 16.1. The SMILES string of the molecule is CC[NH2+]CCN.[NH3+]CC[NH2+]CC1=Cc2cccc3cccc(c23)C1=O. The summed E-state index contributed by atoms with van der Waals surface area (Å²) in [7, 11) is 0. The average molecular weight is 343 g/mol. The van der Waals surface area contributed by atoms with Crippen LogP contribution in [0.3, 0.4) is 0 Å². The fourth-order valence-electron chi connectivity index (χ4n) is 2.98. The van der Waals surface area contributed by atoms with Crippen LogP contribution in [-0.2, 0) is 0 Å². The Balaban J connectivity index is 0.000000326. The summed E-state index contributed by atoms with van der Waals surface area (Å²) < 4.78 is 0. The molecule has 0 saturated heterocycles. The van der Waals surface area contributed by atoms with E-state index in [1.165, 1.54) is 0 Å². The first-order valence-corrected chi connectivity index (χ1v) is 9.12. The van der Waals surface area contributed by atoms with E-state index in [0.29, 0.717) is 0 Å². The first-order chi connectivity index (χ1) is 12.2. The summed E-state index contributed by atoms with van der Waals surface area (Å²) in [6.45, 7) is 7.71. The first kappa shape index (κ1) is 19.3. The van der Waals surface area contributed by atoms with Gasteiger partial charge in [-0.2, -0.15) is 0 Å². The standard InChI is InChI=1S/C16H16N2O.C4H12N2/c17-7-8-18-10-13-9-12-5-1-3-11-4-2-6-14(15(11)12)16(13)19;1-2-6-4-3-5/h1-6,9,18H,7-8,10,17H2;6H,2-5H2,1H3/p+3. The van der Waals surface area contributed by atoms with E-state index in [0.717, 1.165) is 66.7 Å². The highest BCUT2D eigenvalue weighted by molar-refractivity contribution is 6.22. The van der Waals surface area contributed by atoms with Crippen LogP contribution in [0.1, 0.15) is 22.8 Å². The average Bonchev–Trinajstić information content (AvgIpc) is 2.64. The van der Waals surface area contributed by atoms with Gasteiger partial charge in [0.05, 0.1) is 18.7 Å². The molecule has 9 N–H and O–H groups in total. The Bertz CT molecular complexity index is 730. The summed E-state index contributed by atoms with van der Waals surface area (Å²) in [6, 6.07) is 12.1. The van der Waals surface area contributed by atoms with Crippen LogP contribution in [0.2, 0.25) is 0 Å². The van der Waals surface area contributed by atoms with Gasteiger partial charge in [-0.25, -0.2) is 0 Å². The molecule has 0 spiro atoms. The van der Waals surface area contributed by atoms with E-state index >= 15 is 0 Å². The zero-order valence-corrected chi connectivity index (χ0v) is 15.1. The molecule has 0 aliphatic heterocycles. The van der Waals surface area contributed by atoms with E-state index < -0.39 is 0 Å². The lowest BCUT2D eigenvalue weighted by molar-refractivity contribution is -0.662. The molecular formula is C20H31N4O+3. The maximum atomic E-state index is 12.5. The van der Waals surface area contributed by atoms with Crippen molar-refractivity contribution in [1.82, 2.24) is 0 Å². The van der Waals surface area contributed by atoms with Crippen LogP contribution in [0, 0.1) is 0 Å². The van der Waals surface area contributed by atoms with Gasteiger partial charge < -0.3 is 22.1 Å². The third kappa shape index (κ3) is 4.96. The topological polar surface area (TPSA) is 104 Å². The second-order valence-corrected chi connectivity index (χ2v) is 6.16. The molecular weight excluding hydrogens is 312 g/mol. The second kappa shape index (κ2) is 10.1. The molecule has 3 rings (SSSR count). The molecule has 0 aromatic heterocycles. The maximum Gasteiger partial charge on any atom is 0.195 e. The van der Waals surface area contributed by atoms with Crippen molar-refractivity contribution in [3.05, 3.63) is 53.1 Å². The van der Waals surface area contributed by atoms with E-state index in [1.54, 1.807) is 0 Å². The Morgan fingerprint density at radius 1 is 1.08 bits per heavy atom. The number of carbonyl (C=O) groups excluding carboxylic acids is 1. The Morgan fingerprint density at radius 2 is 1.84 bits per heavy atom. The molecule has 134 valence electrons. The number of hydrogen-bond donors (Lipinski definition) is 4. The Kier molecular flexibility index (Phi) is 7.76. The van der Waals surface area contributed by atoms with Crippen LogP contribution in [0.25, 0.3) is 16.8 Å². The predicted molar refractivity (Wildman–Crippen MR) is 102 cm³/mol. The molecule has 0 bridgehead atoms. The number of quaternary nitrogens is 3. The normalized spacial score (nSPS) is 12.6. The van der Waals surface area contributed by atoms with Crippen molar-refractivity contribution in [2.24, 2.45) is 5.73 Å². The van der Waals surface area contributed by atoms with Crippen LogP contribution in [0.5, 0.6) is 0 Å². The molecule has 2 aromatic rings. The van der Waals surface area contributed by atoms with Crippen molar-refractivity contribution in [2.75, 3.05) is 39.3 Å². The van der Waals surface area contributed by atoms with Crippen molar-refractivity contribution in [3.8, 4) is 0 Å². The van der Waals surface area contributed by atoms with Gasteiger partial charge >= 0.3 is 0 Å². The van der Waals surface area contributed by atoms with Crippen molar-refractivity contribution in [2.45, 2.75) is 6.92 Å². The summed E-state index contributed by atoms with van der Waals surface area (Å²) >= 11 is 0. The summed E-state index contributed by atoms with van der Waals surface area (Å²) in [6.07, 6.45) is 2.04. The zero-order chi connectivity index (χ0) is 18.1. The number of Topliss-reactive ketones (excluding diaryl/α,β-unsaturated/α-hetero) is 1. The molecule has 0 radical (unpaired) electrons. The van der Waals surface area contributed by atoms with Crippen LogP contribution in [0.4, 0.5) is 0 Å². The fraction of sp³-hybridized carbons (Fsp3) is 0.350. The molecule has 0 unspecified atom stereocenters. The summed E-state index contributed by atoms with van der Waals surface area (Å²) in [5.74, 6) is 0.171. The van der Waals surface area contributed by atoms with Crippen LogP contribution in [0.15, 0.2) is 42.0 Å². The van der Waals surface area contributed by atoms with Crippen LogP contribution < -0.4 is 22.1 Å². The van der Waals surface area contributed by atoms with Gasteiger partial charge in [0.1, 0.15) is 19.6 Å². The first-order valence-electron chi connectivity index (χ1n) is 9.12. The van der Waals surface area contributed by atoms with Crippen LogP contribution in [-0.4, -0.2) is 45.1 Å². The predicted octanol–water partition coefficient (Wildman–Crippen LogP) is -1.25. The van der Waals surface area contributed by atoms with E-state index in [9.17, 15) is 4.79 Å². The minimum absolute atomic E-state index is 0.171. The van der Waals surface area contributed by atoms with E-state index in [1.807, 2.05) is 24.3 Å². The molecule has 0 saturated carbocycles. The lowest BCUT2D eigenvalue weighted by Crippen LogP contribution is -2.88. The molecule has 5 nitrogen and oxygen atoms in total. The Morgan fingerprint density at radius 3 is 2.48 bits per heavy atom. The van der Waals surface area contributed by atoms with E-state index in [4.69, 9.17) is 5.73 Å². The number of ketones is 1. The van der Waals surface area contributed by atoms with Crippen molar-refractivity contribution < 1.29 is 21.2 Å². The molecule has 25 heavy (non-hydrogen) atoms. The highest BCUT2D eigenvalue weighted by Gasteiger charge is 2.22. The monoisotopic (exact) mass is 343 g/mol. The van der Waals surface area contributed by atoms with Gasteiger partial charge in [0.2, 0.25) is 0 Å².